The minimum absolute atomic E-state index is 0.936. The molecule has 2 nitrogen and oxygen atoms in total. The molecule has 0 radical (unpaired) electrons. The first-order chi connectivity index (χ1) is 35.3. The Bertz CT molecular complexity index is 3970. The number of fused-ring (bicyclic) bond motifs is 3. The predicted octanol–water partition coefficient (Wildman–Crippen LogP) is 18.7. The van der Waals surface area contributed by atoms with Crippen LogP contribution in [0.3, 0.4) is 0 Å². The molecule has 2 heteroatoms. The summed E-state index contributed by atoms with van der Waals surface area (Å²) in [4.78, 5) is 5.37. The second-order valence-corrected chi connectivity index (χ2v) is 18.2. The van der Waals surface area contributed by atoms with E-state index >= 15 is 0 Å². The molecule has 0 bridgehead atoms. The van der Waals surface area contributed by atoms with Crippen molar-refractivity contribution in [1.29, 1.82) is 0 Å². The lowest BCUT2D eigenvalue weighted by atomic mass is 9.79. The van der Waals surface area contributed by atoms with E-state index < -0.39 is 0 Å². The van der Waals surface area contributed by atoms with E-state index in [1.54, 1.807) is 0 Å². The Morgan fingerprint density at radius 1 is 0.239 bits per heavy atom. The Morgan fingerprint density at radius 3 is 1.07 bits per heavy atom. The summed E-state index contributed by atoms with van der Waals surface area (Å²) in [6.45, 7) is 0. The molecular weight excluding hydrogens is 857 g/mol. The first-order valence-corrected chi connectivity index (χ1v) is 24.4. The van der Waals surface area contributed by atoms with Crippen molar-refractivity contribution in [3.8, 4) is 95.0 Å². The van der Waals surface area contributed by atoms with Crippen molar-refractivity contribution in [1.82, 2.24) is 9.55 Å². The van der Waals surface area contributed by atoms with Gasteiger partial charge in [0.1, 0.15) is 5.82 Å². The van der Waals surface area contributed by atoms with Gasteiger partial charge in [-0.15, -0.1) is 0 Å². The molecule has 0 spiro atoms. The van der Waals surface area contributed by atoms with E-state index in [0.717, 1.165) is 33.7 Å². The number of nitrogens with zero attached hydrogens (tertiary/aromatic N) is 2. The lowest BCUT2D eigenvalue weighted by Crippen LogP contribution is -1.99. The van der Waals surface area contributed by atoms with E-state index in [-0.39, 0.29) is 0 Å². The van der Waals surface area contributed by atoms with Crippen molar-refractivity contribution in [3.63, 3.8) is 0 Å². The Balaban J connectivity index is 0.945. The summed E-state index contributed by atoms with van der Waals surface area (Å²) < 4.78 is 2.32. The second kappa shape index (κ2) is 17.9. The highest BCUT2D eigenvalue weighted by atomic mass is 15.1. The summed E-state index contributed by atoms with van der Waals surface area (Å²) in [6.07, 6.45) is 0. The Morgan fingerprint density at radius 2 is 0.577 bits per heavy atom. The average molecular weight is 903 g/mol. The van der Waals surface area contributed by atoms with Crippen LogP contribution in [0.15, 0.2) is 279 Å². The first-order valence-electron chi connectivity index (χ1n) is 24.4. The molecule has 0 atom stereocenters. The molecule has 1 aromatic heterocycles. The van der Waals surface area contributed by atoms with Crippen molar-refractivity contribution in [2.45, 2.75) is 0 Å². The van der Waals surface area contributed by atoms with Gasteiger partial charge in [0.25, 0.3) is 0 Å². The number of imidazole rings is 1. The third kappa shape index (κ3) is 7.42. The van der Waals surface area contributed by atoms with Crippen LogP contribution in [-0.2, 0) is 0 Å². The molecule has 332 valence electrons. The van der Waals surface area contributed by atoms with Crippen LogP contribution in [0.5, 0.6) is 0 Å². The molecule has 0 aliphatic carbocycles. The maximum atomic E-state index is 5.37. The summed E-state index contributed by atoms with van der Waals surface area (Å²) in [7, 11) is 0. The zero-order valence-electron chi connectivity index (χ0n) is 39.0. The molecule has 0 N–H and O–H groups in total. The van der Waals surface area contributed by atoms with Crippen LogP contribution >= 0.6 is 0 Å². The van der Waals surface area contributed by atoms with Crippen LogP contribution < -0.4 is 0 Å². The summed E-state index contributed by atoms with van der Waals surface area (Å²) in [5.74, 6) is 0.936. The van der Waals surface area contributed by atoms with Crippen molar-refractivity contribution in [2.75, 3.05) is 0 Å². The molecule has 1 heterocycles. The number of aromatic nitrogens is 2. The Labute approximate surface area is 414 Å². The van der Waals surface area contributed by atoms with Crippen molar-refractivity contribution < 1.29 is 0 Å². The quantitative estimate of drug-likeness (QED) is 0.132. The van der Waals surface area contributed by atoms with Gasteiger partial charge < -0.3 is 0 Å². The SMILES string of the molecule is c1ccc(-c2cc(-c3ccc(-c4ccc(-c5c6ccccc6c(-c6nc7ccccc7n6-c6ccccc6)c6ccccc56)cc4)cc3)c(-c3ccccc3)c(-c3ccccc3)c2-c2ccccc2)cc1. The molecule has 0 aliphatic rings. The zero-order chi connectivity index (χ0) is 47.1. The minimum atomic E-state index is 0.936. The monoisotopic (exact) mass is 902 g/mol. The fraction of sp³-hybridized carbons (Fsp3) is 0. The van der Waals surface area contributed by atoms with Crippen LogP contribution in [0, 0.1) is 0 Å². The second-order valence-electron chi connectivity index (χ2n) is 18.2. The van der Waals surface area contributed by atoms with E-state index in [1.165, 1.54) is 93.9 Å². The van der Waals surface area contributed by atoms with E-state index in [4.69, 9.17) is 4.98 Å². The van der Waals surface area contributed by atoms with Gasteiger partial charge in [0.05, 0.1) is 11.0 Å². The maximum absolute atomic E-state index is 5.37. The van der Waals surface area contributed by atoms with Gasteiger partial charge in [-0.3, -0.25) is 4.57 Å². The molecular formula is C69H46N2. The molecule has 0 unspecified atom stereocenters. The third-order valence-electron chi connectivity index (χ3n) is 14.0. The highest BCUT2D eigenvalue weighted by Crippen LogP contribution is 2.51. The van der Waals surface area contributed by atoms with E-state index in [0.29, 0.717) is 0 Å². The smallest absolute Gasteiger partial charge is 0.146 e. The number of rotatable bonds is 9. The highest BCUT2D eigenvalue weighted by molar-refractivity contribution is 6.21. The number of para-hydroxylation sites is 3. The molecule has 13 aromatic rings. The molecule has 0 aliphatic heterocycles. The van der Waals surface area contributed by atoms with E-state index in [9.17, 15) is 0 Å². The van der Waals surface area contributed by atoms with E-state index in [2.05, 4.69) is 284 Å². The van der Waals surface area contributed by atoms with Crippen LogP contribution in [0.25, 0.3) is 128 Å². The highest BCUT2D eigenvalue weighted by Gasteiger charge is 2.25. The van der Waals surface area contributed by atoms with Gasteiger partial charge in [-0.1, -0.05) is 249 Å². The molecule has 0 saturated carbocycles. The van der Waals surface area contributed by atoms with Crippen molar-refractivity contribution >= 4 is 32.6 Å². The molecule has 0 saturated heterocycles. The Kier molecular flexibility index (Phi) is 10.6. The molecule has 0 fully saturated rings. The van der Waals surface area contributed by atoms with Gasteiger partial charge in [0, 0.05) is 11.3 Å². The maximum Gasteiger partial charge on any atom is 0.146 e. The standard InChI is InChI=1S/C69H46N2/c1-6-22-49(23-7-1)60-46-61(66(52-26-10-3-11-27-52)67(53-28-12-4-13-29-53)65(60)51-24-8-2-9-25-51)50-42-38-47(39-43-50)48-40-44-54(45-41-48)64-56-32-16-18-34-58(56)68(59-35-19-17-33-57(59)64)69-70-62-36-20-21-37-63(62)71(69)55-30-14-5-15-31-55/h1-46H. The lowest BCUT2D eigenvalue weighted by Gasteiger charge is -2.24. The summed E-state index contributed by atoms with van der Waals surface area (Å²) in [6, 6.07) is 101. The number of hydrogen-bond acceptors (Lipinski definition) is 1. The van der Waals surface area contributed by atoms with Crippen molar-refractivity contribution in [2.24, 2.45) is 0 Å². The third-order valence-corrected chi connectivity index (χ3v) is 14.0. The van der Waals surface area contributed by atoms with Gasteiger partial charge in [-0.05, 0) is 130 Å². The first kappa shape index (κ1) is 41.8. The normalized spacial score (nSPS) is 11.4. The number of hydrogen-bond donors (Lipinski definition) is 0. The Hall–Kier alpha value is -9.37. The predicted molar refractivity (Wildman–Crippen MR) is 300 cm³/mol. The molecule has 71 heavy (non-hydrogen) atoms. The molecule has 0 amide bonds. The zero-order valence-corrected chi connectivity index (χ0v) is 39.0. The van der Waals surface area contributed by atoms with Gasteiger partial charge in [0.2, 0.25) is 0 Å². The largest absolute Gasteiger partial charge is 0.292 e. The van der Waals surface area contributed by atoms with Gasteiger partial charge >= 0.3 is 0 Å². The lowest BCUT2D eigenvalue weighted by molar-refractivity contribution is 1.11. The van der Waals surface area contributed by atoms with Crippen LogP contribution in [-0.4, -0.2) is 9.55 Å². The van der Waals surface area contributed by atoms with Crippen LogP contribution in [0.4, 0.5) is 0 Å². The number of benzene rings is 12. The molecule has 12 aromatic carbocycles. The van der Waals surface area contributed by atoms with Gasteiger partial charge in [0.15, 0.2) is 0 Å². The summed E-state index contributed by atoms with van der Waals surface area (Å²) >= 11 is 0. The molecule has 13 rings (SSSR count). The topological polar surface area (TPSA) is 17.8 Å². The van der Waals surface area contributed by atoms with Crippen LogP contribution in [0.1, 0.15) is 0 Å². The minimum Gasteiger partial charge on any atom is -0.292 e. The van der Waals surface area contributed by atoms with Gasteiger partial charge in [-0.2, -0.15) is 0 Å². The van der Waals surface area contributed by atoms with Crippen LogP contribution in [0.2, 0.25) is 0 Å². The summed E-state index contributed by atoms with van der Waals surface area (Å²) in [5, 5.41) is 4.74. The van der Waals surface area contributed by atoms with Crippen molar-refractivity contribution in [3.05, 3.63) is 279 Å². The summed E-state index contributed by atoms with van der Waals surface area (Å²) in [5.41, 5.74) is 21.0. The fourth-order valence-electron chi connectivity index (χ4n) is 10.8. The van der Waals surface area contributed by atoms with Gasteiger partial charge in [-0.25, -0.2) is 4.98 Å². The average Bonchev–Trinajstić information content (AvgIpc) is 3.84. The van der Waals surface area contributed by atoms with E-state index in [1.807, 2.05) is 0 Å². The fourth-order valence-corrected chi connectivity index (χ4v) is 10.8.